The molecule has 0 aromatic heterocycles. The number of aliphatic carboxylic acids is 2. The number of nitrogens with one attached hydrogen (secondary N) is 2. The van der Waals surface area contributed by atoms with Gasteiger partial charge in [0.05, 0.1) is 12.6 Å². The summed E-state index contributed by atoms with van der Waals surface area (Å²) in [5.74, 6) is -7.02. The number of carbonyl (C=O) groups is 7. The van der Waals surface area contributed by atoms with Crippen molar-refractivity contribution in [1.29, 1.82) is 0 Å². The van der Waals surface area contributed by atoms with Gasteiger partial charge in [0.1, 0.15) is 36.0 Å². The van der Waals surface area contributed by atoms with E-state index < -0.39 is 109 Å². The Morgan fingerprint density at radius 2 is 1.69 bits per heavy atom. The smallest absolute Gasteiger partial charge is 0.332 e. The predicted molar refractivity (Wildman–Crippen MR) is 170 cm³/mol. The standard InChI is InChI=1S/C30H52N6O13/c1-6-9-20(40)34-13-8-7-12-30(33,28(46)47)19(39)11-10-17(25(32)42)35-27(45)29(4,36(5)16(3)38)24-21(31)23(48-15(2)26(43)44)22(41)18(14-37)49-24/h15,17-18,21-24,37,41H,6-14,31,33H2,1-5H3,(H2,32,42)(H,34,40)(H,35,45)(H,43,44)(H,46,47)/t15-,17-,18-,21-,22-,23-,24?,29-,30-/m1/s1. The lowest BCUT2D eigenvalue weighted by Crippen LogP contribution is -2.75. The monoisotopic (exact) mass is 704 g/mol. The van der Waals surface area contributed by atoms with Crippen LogP contribution >= 0.6 is 0 Å². The topological polar surface area (TPSA) is 324 Å². The van der Waals surface area contributed by atoms with E-state index in [1.165, 1.54) is 20.9 Å². The molecule has 1 fully saturated rings. The molecule has 1 saturated heterocycles. The fraction of sp³-hybridized carbons (Fsp3) is 0.767. The lowest BCUT2D eigenvalue weighted by atomic mass is 9.80. The Morgan fingerprint density at radius 1 is 1.08 bits per heavy atom. The first-order valence-corrected chi connectivity index (χ1v) is 16.0. The van der Waals surface area contributed by atoms with Gasteiger partial charge in [-0.3, -0.25) is 24.0 Å². The van der Waals surface area contributed by atoms with Crippen molar-refractivity contribution >= 4 is 41.4 Å². The minimum atomic E-state index is -2.34. The van der Waals surface area contributed by atoms with Gasteiger partial charge in [0.25, 0.3) is 0 Å². The Hall–Kier alpha value is -3.75. The van der Waals surface area contributed by atoms with Crippen LogP contribution in [0.1, 0.15) is 72.6 Å². The SMILES string of the molecule is CCCC(=O)NCCCC[C@](N)(C(=O)O)C(=O)CC[C@@H](NC(=O)[C@@](C)(C1O[C@H](CO)[C@@H](O)[C@H](O[C@H](C)C(=O)O)[C@H]1N)N(C)C(C)=O)C(N)=O. The van der Waals surface area contributed by atoms with Crippen LogP contribution in [0.2, 0.25) is 0 Å². The lowest BCUT2D eigenvalue weighted by molar-refractivity contribution is -0.234. The number of primary amides is 1. The van der Waals surface area contributed by atoms with Crippen molar-refractivity contribution in [3.63, 3.8) is 0 Å². The molecule has 0 bridgehead atoms. The highest BCUT2D eigenvalue weighted by Gasteiger charge is 2.57. The van der Waals surface area contributed by atoms with Crippen molar-refractivity contribution in [2.75, 3.05) is 20.2 Å². The van der Waals surface area contributed by atoms with Gasteiger partial charge in [-0.1, -0.05) is 6.92 Å². The van der Waals surface area contributed by atoms with E-state index in [0.29, 0.717) is 19.3 Å². The molecule has 12 N–H and O–H groups in total. The number of aliphatic hydroxyl groups is 2. The molecule has 1 unspecified atom stereocenters. The number of carboxylic acid groups (broad SMARTS) is 2. The van der Waals surface area contributed by atoms with Gasteiger partial charge in [0, 0.05) is 33.4 Å². The third-order valence-electron chi connectivity index (χ3n) is 8.82. The van der Waals surface area contributed by atoms with Crippen molar-refractivity contribution < 1.29 is 63.5 Å². The Morgan fingerprint density at radius 3 is 2.18 bits per heavy atom. The maximum Gasteiger partial charge on any atom is 0.332 e. The van der Waals surface area contributed by atoms with Crippen LogP contribution in [0.4, 0.5) is 0 Å². The van der Waals surface area contributed by atoms with E-state index in [9.17, 15) is 54.0 Å². The molecule has 19 nitrogen and oxygen atoms in total. The molecule has 0 aromatic rings. The van der Waals surface area contributed by atoms with Crippen molar-refractivity contribution in [2.24, 2.45) is 17.2 Å². The summed E-state index contributed by atoms with van der Waals surface area (Å²) >= 11 is 0. The second kappa shape index (κ2) is 18.9. The molecule has 0 saturated carbocycles. The molecule has 49 heavy (non-hydrogen) atoms. The fourth-order valence-electron chi connectivity index (χ4n) is 5.42. The average Bonchev–Trinajstić information content (AvgIpc) is 3.03. The van der Waals surface area contributed by atoms with Crippen LogP contribution in [0.5, 0.6) is 0 Å². The van der Waals surface area contributed by atoms with Crippen LogP contribution in [0, 0.1) is 0 Å². The summed E-state index contributed by atoms with van der Waals surface area (Å²) in [6.45, 7) is 4.76. The number of hydrogen-bond donors (Lipinski definition) is 9. The third-order valence-corrected chi connectivity index (χ3v) is 8.82. The van der Waals surface area contributed by atoms with Gasteiger partial charge in [-0.05, 0) is 46.0 Å². The van der Waals surface area contributed by atoms with Gasteiger partial charge in [0.2, 0.25) is 23.6 Å². The zero-order valence-electron chi connectivity index (χ0n) is 28.5. The number of nitrogens with two attached hydrogens (primary N) is 3. The van der Waals surface area contributed by atoms with Gasteiger partial charge in [-0.2, -0.15) is 0 Å². The number of ketones is 1. The quantitative estimate of drug-likeness (QED) is 0.0418. The summed E-state index contributed by atoms with van der Waals surface area (Å²) in [4.78, 5) is 88.2. The maximum absolute atomic E-state index is 14.0. The first kappa shape index (κ1) is 43.3. The average molecular weight is 705 g/mol. The van der Waals surface area contributed by atoms with E-state index in [0.717, 1.165) is 11.8 Å². The number of hydrogen-bond acceptors (Lipinski definition) is 13. The van der Waals surface area contributed by atoms with Gasteiger partial charge < -0.3 is 62.6 Å². The zero-order chi connectivity index (χ0) is 37.9. The predicted octanol–water partition coefficient (Wildman–Crippen LogP) is -3.28. The largest absolute Gasteiger partial charge is 0.480 e. The second-order valence-electron chi connectivity index (χ2n) is 12.4. The molecular formula is C30H52N6O13. The Labute approximate surface area is 284 Å². The van der Waals surface area contributed by atoms with Gasteiger partial charge in [0.15, 0.2) is 17.4 Å². The van der Waals surface area contributed by atoms with E-state index in [-0.39, 0.29) is 25.3 Å². The molecule has 280 valence electrons. The molecule has 19 heteroatoms. The number of likely N-dealkylation sites (N-methyl/N-ethyl adjacent to an activating group) is 1. The Bertz CT molecular complexity index is 1220. The summed E-state index contributed by atoms with van der Waals surface area (Å²) in [5, 5.41) is 44.8. The van der Waals surface area contributed by atoms with Crippen molar-refractivity contribution in [3.05, 3.63) is 0 Å². The molecule has 1 rings (SSSR count). The van der Waals surface area contributed by atoms with E-state index in [1.807, 2.05) is 6.92 Å². The number of nitrogens with zero attached hydrogens (tertiary/aromatic N) is 1. The Balaban J connectivity index is 3.26. The maximum atomic E-state index is 14.0. The highest BCUT2D eigenvalue weighted by molar-refractivity contribution is 6.07. The van der Waals surface area contributed by atoms with Crippen LogP contribution < -0.4 is 27.8 Å². The van der Waals surface area contributed by atoms with Gasteiger partial charge >= 0.3 is 11.9 Å². The summed E-state index contributed by atoms with van der Waals surface area (Å²) < 4.78 is 11.3. The number of aliphatic hydroxyl groups excluding tert-OH is 2. The number of carbonyl (C=O) groups excluding carboxylic acids is 5. The van der Waals surface area contributed by atoms with Gasteiger partial charge in [-0.25, -0.2) is 9.59 Å². The lowest BCUT2D eigenvalue weighted by Gasteiger charge is -2.51. The van der Waals surface area contributed by atoms with Crippen LogP contribution in [-0.2, 0) is 43.0 Å². The van der Waals surface area contributed by atoms with Crippen molar-refractivity contribution in [3.8, 4) is 0 Å². The zero-order valence-corrected chi connectivity index (χ0v) is 28.5. The first-order chi connectivity index (χ1) is 22.7. The second-order valence-corrected chi connectivity index (χ2v) is 12.4. The third kappa shape index (κ3) is 10.9. The van der Waals surface area contributed by atoms with E-state index in [2.05, 4.69) is 10.6 Å². The number of ether oxygens (including phenoxy) is 2. The van der Waals surface area contributed by atoms with Crippen molar-refractivity contribution in [2.45, 2.75) is 126 Å². The number of amides is 4. The number of unbranched alkanes of at least 4 members (excludes halogenated alkanes) is 1. The van der Waals surface area contributed by atoms with Crippen molar-refractivity contribution in [1.82, 2.24) is 15.5 Å². The molecule has 1 aliphatic rings. The van der Waals surface area contributed by atoms with Crippen LogP contribution in [0.15, 0.2) is 0 Å². The highest BCUT2D eigenvalue weighted by atomic mass is 16.6. The molecule has 9 atom stereocenters. The normalized spacial score (nSPS) is 24.3. The number of rotatable bonds is 21. The minimum absolute atomic E-state index is 0.162. The molecule has 1 heterocycles. The highest BCUT2D eigenvalue weighted by Crippen LogP contribution is 2.33. The van der Waals surface area contributed by atoms with E-state index in [4.69, 9.17) is 26.7 Å². The molecule has 0 spiro atoms. The minimum Gasteiger partial charge on any atom is -0.480 e. The van der Waals surface area contributed by atoms with E-state index >= 15 is 0 Å². The Kier molecular flexibility index (Phi) is 16.7. The molecule has 0 aromatic carbocycles. The summed E-state index contributed by atoms with van der Waals surface area (Å²) in [5.41, 5.74) is 13.4. The summed E-state index contributed by atoms with van der Waals surface area (Å²) in [6.07, 6.45) is -7.55. The fourth-order valence-corrected chi connectivity index (χ4v) is 5.42. The molecule has 0 radical (unpaired) electrons. The van der Waals surface area contributed by atoms with Crippen LogP contribution in [0.25, 0.3) is 0 Å². The molecule has 4 amide bonds. The van der Waals surface area contributed by atoms with Crippen LogP contribution in [-0.4, -0.2) is 141 Å². The molecular weight excluding hydrogens is 652 g/mol. The summed E-state index contributed by atoms with van der Waals surface area (Å²) in [6, 6.07) is -3.08. The molecule has 0 aliphatic carbocycles. The van der Waals surface area contributed by atoms with E-state index in [1.54, 1.807) is 0 Å². The molecule has 1 aliphatic heterocycles. The summed E-state index contributed by atoms with van der Waals surface area (Å²) in [7, 11) is 1.21. The van der Waals surface area contributed by atoms with Gasteiger partial charge in [-0.15, -0.1) is 0 Å². The first-order valence-electron chi connectivity index (χ1n) is 16.0. The van der Waals surface area contributed by atoms with Crippen LogP contribution in [0.3, 0.4) is 0 Å². The number of carboxylic acids is 2. The number of Topliss-reactive ketones (excluding diaryl/α,β-unsaturated/α-hetero) is 1.